The predicted molar refractivity (Wildman–Crippen MR) is 126 cm³/mol. The molecule has 160 valence electrons. The molecular weight excluding hydrogens is 380 g/mol. The average Bonchev–Trinajstić information content (AvgIpc) is 2.85. The highest BCUT2D eigenvalue weighted by molar-refractivity contribution is 5.36. The molecule has 0 radical (unpaired) electrons. The van der Waals surface area contributed by atoms with Gasteiger partial charge in [0.15, 0.2) is 0 Å². The lowest BCUT2D eigenvalue weighted by Gasteiger charge is -2.54. The van der Waals surface area contributed by atoms with Gasteiger partial charge in [0.2, 0.25) is 0 Å². The molecule has 2 unspecified atom stereocenters. The van der Waals surface area contributed by atoms with E-state index in [0.717, 1.165) is 12.1 Å². The van der Waals surface area contributed by atoms with Gasteiger partial charge in [0, 0.05) is 24.5 Å². The van der Waals surface area contributed by atoms with Crippen molar-refractivity contribution in [2.45, 2.75) is 44.0 Å². The van der Waals surface area contributed by atoms with E-state index in [0.29, 0.717) is 23.9 Å². The fourth-order valence-electron chi connectivity index (χ4n) is 5.81. The molecular formula is C28H32N2O. The third kappa shape index (κ3) is 4.18. The number of fused-ring (bicyclic) bond motifs is 3. The van der Waals surface area contributed by atoms with Crippen molar-refractivity contribution in [2.24, 2.45) is 5.92 Å². The normalized spacial score (nSPS) is 25.1. The second-order valence-corrected chi connectivity index (χ2v) is 9.00. The van der Waals surface area contributed by atoms with Crippen LogP contribution < -0.4 is 5.32 Å². The number of nitrogens with one attached hydrogen (secondary N) is 1. The summed E-state index contributed by atoms with van der Waals surface area (Å²) in [5.41, 5.74) is 5.02. The molecule has 3 fully saturated rings. The summed E-state index contributed by atoms with van der Waals surface area (Å²) in [6.45, 7) is 3.28. The second-order valence-electron chi connectivity index (χ2n) is 9.00. The van der Waals surface area contributed by atoms with Crippen molar-refractivity contribution in [2.75, 3.05) is 13.1 Å². The van der Waals surface area contributed by atoms with E-state index in [1.807, 2.05) is 12.1 Å². The first-order chi connectivity index (χ1) is 15.3. The van der Waals surface area contributed by atoms with E-state index < -0.39 is 0 Å². The molecule has 3 heterocycles. The Morgan fingerprint density at radius 3 is 1.90 bits per heavy atom. The minimum Gasteiger partial charge on any atom is -0.392 e. The highest BCUT2D eigenvalue weighted by Crippen LogP contribution is 2.42. The van der Waals surface area contributed by atoms with Gasteiger partial charge >= 0.3 is 0 Å². The van der Waals surface area contributed by atoms with Crippen molar-refractivity contribution in [3.8, 4) is 0 Å². The SMILES string of the molecule is OCc1ccccc1CNC1C2CCN(CC2)C1C(c1ccccc1)c1ccccc1. The summed E-state index contributed by atoms with van der Waals surface area (Å²) in [5.74, 6) is 1.04. The highest BCUT2D eigenvalue weighted by Gasteiger charge is 2.46. The maximum Gasteiger partial charge on any atom is 0.0685 e. The van der Waals surface area contributed by atoms with Crippen LogP contribution in [0.4, 0.5) is 0 Å². The number of nitrogens with zero attached hydrogens (tertiary/aromatic N) is 1. The smallest absolute Gasteiger partial charge is 0.0685 e. The molecule has 0 amide bonds. The van der Waals surface area contributed by atoms with Crippen LogP contribution in [0, 0.1) is 5.92 Å². The molecule has 3 nitrogen and oxygen atoms in total. The molecule has 0 aromatic heterocycles. The van der Waals surface area contributed by atoms with E-state index in [1.54, 1.807) is 0 Å². The van der Waals surface area contributed by atoms with Gasteiger partial charge in [-0.3, -0.25) is 4.90 Å². The van der Waals surface area contributed by atoms with Gasteiger partial charge in [-0.15, -0.1) is 0 Å². The number of rotatable bonds is 7. The first-order valence-corrected chi connectivity index (χ1v) is 11.6. The standard InChI is InChI=1S/C28H32N2O/c31-20-25-14-8-7-13-24(25)19-29-27-23-15-17-30(18-16-23)28(27)26(21-9-3-1-4-10-21)22-11-5-2-6-12-22/h1-14,23,26-29,31H,15-20H2. The number of aliphatic hydroxyl groups is 1. The molecule has 3 aromatic carbocycles. The summed E-state index contributed by atoms with van der Waals surface area (Å²) in [7, 11) is 0. The number of aliphatic hydroxyl groups excluding tert-OH is 1. The summed E-state index contributed by atoms with van der Waals surface area (Å²) in [5, 5.41) is 13.7. The molecule has 2 N–H and O–H groups in total. The molecule has 3 heteroatoms. The number of hydrogen-bond donors (Lipinski definition) is 2. The zero-order valence-corrected chi connectivity index (χ0v) is 18.0. The van der Waals surface area contributed by atoms with Crippen LogP contribution in [0.25, 0.3) is 0 Å². The Hall–Kier alpha value is -2.46. The Balaban J connectivity index is 1.49. The highest BCUT2D eigenvalue weighted by atomic mass is 16.3. The van der Waals surface area contributed by atoms with Gasteiger partial charge in [0.05, 0.1) is 6.61 Å². The maximum atomic E-state index is 9.76. The fourth-order valence-corrected chi connectivity index (χ4v) is 5.81. The molecule has 3 saturated heterocycles. The van der Waals surface area contributed by atoms with E-state index in [-0.39, 0.29) is 6.61 Å². The Kier molecular flexibility index (Phi) is 6.17. The molecule has 2 atom stereocenters. The van der Waals surface area contributed by atoms with Crippen molar-refractivity contribution < 1.29 is 5.11 Å². The number of benzene rings is 3. The number of piperidine rings is 3. The predicted octanol–water partition coefficient (Wildman–Crippen LogP) is 4.56. The third-order valence-corrected chi connectivity index (χ3v) is 7.35. The van der Waals surface area contributed by atoms with E-state index >= 15 is 0 Å². The van der Waals surface area contributed by atoms with E-state index in [2.05, 4.69) is 83.0 Å². The molecule has 0 saturated carbocycles. The summed E-state index contributed by atoms with van der Waals surface area (Å²) < 4.78 is 0. The van der Waals surface area contributed by atoms with Crippen LogP contribution in [-0.2, 0) is 13.2 Å². The Bertz CT molecular complexity index is 927. The van der Waals surface area contributed by atoms with Crippen molar-refractivity contribution in [3.63, 3.8) is 0 Å². The molecule has 0 aliphatic carbocycles. The van der Waals surface area contributed by atoms with Gasteiger partial charge in [0.1, 0.15) is 0 Å². The van der Waals surface area contributed by atoms with Gasteiger partial charge in [-0.2, -0.15) is 0 Å². The van der Waals surface area contributed by atoms with Gasteiger partial charge < -0.3 is 10.4 Å². The van der Waals surface area contributed by atoms with E-state index in [4.69, 9.17) is 0 Å². The first kappa shape index (κ1) is 20.4. The van der Waals surface area contributed by atoms with Crippen molar-refractivity contribution in [1.29, 1.82) is 0 Å². The van der Waals surface area contributed by atoms with Crippen molar-refractivity contribution in [3.05, 3.63) is 107 Å². The lowest BCUT2D eigenvalue weighted by molar-refractivity contribution is 0.00463. The van der Waals surface area contributed by atoms with E-state index in [1.165, 1.54) is 42.6 Å². The Labute approximate surface area is 185 Å². The second kappa shape index (κ2) is 9.35. The van der Waals surface area contributed by atoms with Gasteiger partial charge in [0.25, 0.3) is 0 Å². The van der Waals surface area contributed by atoms with E-state index in [9.17, 15) is 5.11 Å². The van der Waals surface area contributed by atoms with Crippen LogP contribution in [0.2, 0.25) is 0 Å². The fraction of sp³-hybridized carbons (Fsp3) is 0.357. The van der Waals surface area contributed by atoms with Gasteiger partial charge in [-0.1, -0.05) is 84.9 Å². The first-order valence-electron chi connectivity index (χ1n) is 11.6. The topological polar surface area (TPSA) is 35.5 Å². The Morgan fingerprint density at radius 2 is 1.32 bits per heavy atom. The van der Waals surface area contributed by atoms with Crippen LogP contribution in [0.5, 0.6) is 0 Å². The molecule has 0 spiro atoms. The molecule has 3 aliphatic rings. The quantitative estimate of drug-likeness (QED) is 0.597. The van der Waals surface area contributed by atoms with Crippen LogP contribution in [0.3, 0.4) is 0 Å². The summed E-state index contributed by atoms with van der Waals surface area (Å²) >= 11 is 0. The molecule has 6 rings (SSSR count). The maximum absolute atomic E-state index is 9.76. The average molecular weight is 413 g/mol. The van der Waals surface area contributed by atoms with Crippen LogP contribution in [0.15, 0.2) is 84.9 Å². The zero-order valence-electron chi connectivity index (χ0n) is 18.0. The number of hydrogen-bond acceptors (Lipinski definition) is 3. The van der Waals surface area contributed by atoms with Crippen LogP contribution >= 0.6 is 0 Å². The van der Waals surface area contributed by atoms with Crippen LogP contribution in [0.1, 0.15) is 41.0 Å². The largest absolute Gasteiger partial charge is 0.392 e. The summed E-state index contributed by atoms with van der Waals surface area (Å²) in [4.78, 5) is 2.72. The molecule has 2 bridgehead atoms. The zero-order chi connectivity index (χ0) is 21.0. The van der Waals surface area contributed by atoms with Crippen molar-refractivity contribution in [1.82, 2.24) is 10.2 Å². The molecule has 3 aromatic rings. The minimum absolute atomic E-state index is 0.0954. The Morgan fingerprint density at radius 1 is 0.774 bits per heavy atom. The monoisotopic (exact) mass is 412 g/mol. The minimum atomic E-state index is 0.0954. The van der Waals surface area contributed by atoms with Crippen LogP contribution in [-0.4, -0.2) is 35.2 Å². The molecule has 3 aliphatic heterocycles. The summed E-state index contributed by atoms with van der Waals surface area (Å²) in [6, 6.07) is 31.2. The third-order valence-electron chi connectivity index (χ3n) is 7.35. The van der Waals surface area contributed by atoms with Gasteiger partial charge in [-0.05, 0) is 54.1 Å². The summed E-state index contributed by atoms with van der Waals surface area (Å²) in [6.07, 6.45) is 2.54. The van der Waals surface area contributed by atoms with Gasteiger partial charge in [-0.25, -0.2) is 0 Å². The van der Waals surface area contributed by atoms with Crippen molar-refractivity contribution >= 4 is 0 Å². The lowest BCUT2D eigenvalue weighted by Crippen LogP contribution is -2.64. The lowest BCUT2D eigenvalue weighted by atomic mass is 9.70. The molecule has 31 heavy (non-hydrogen) atoms.